The summed E-state index contributed by atoms with van der Waals surface area (Å²) in [6, 6.07) is 15.5. The molecule has 1 saturated carbocycles. The number of rotatable bonds is 5. The van der Waals surface area contributed by atoms with Crippen molar-refractivity contribution >= 4 is 17.7 Å². The van der Waals surface area contributed by atoms with Gasteiger partial charge in [0.2, 0.25) is 5.91 Å². The van der Waals surface area contributed by atoms with E-state index in [0.29, 0.717) is 23.5 Å². The highest BCUT2D eigenvalue weighted by Gasteiger charge is 2.43. The molecule has 29 heavy (non-hydrogen) atoms. The molecule has 0 saturated heterocycles. The third-order valence-corrected chi connectivity index (χ3v) is 6.15. The van der Waals surface area contributed by atoms with Crippen LogP contribution in [0.3, 0.4) is 0 Å². The number of amides is 3. The fourth-order valence-corrected chi connectivity index (χ4v) is 4.44. The predicted octanol–water partition coefficient (Wildman–Crippen LogP) is 3.59. The first kappa shape index (κ1) is 19.4. The zero-order valence-corrected chi connectivity index (χ0v) is 16.6. The zero-order chi connectivity index (χ0) is 20.4. The van der Waals surface area contributed by atoms with Crippen LogP contribution >= 0.6 is 0 Å². The van der Waals surface area contributed by atoms with Gasteiger partial charge in [0, 0.05) is 12.5 Å². The van der Waals surface area contributed by atoms with Crippen LogP contribution in [0.25, 0.3) is 0 Å². The molecular weight excluding hydrogens is 364 g/mol. The molecular formula is C24H26N2O3. The lowest BCUT2D eigenvalue weighted by molar-refractivity contribution is -0.126. The van der Waals surface area contributed by atoms with Gasteiger partial charge in [-0.25, -0.2) is 0 Å². The summed E-state index contributed by atoms with van der Waals surface area (Å²) in [4.78, 5) is 40.5. The fourth-order valence-electron chi connectivity index (χ4n) is 4.44. The lowest BCUT2D eigenvalue weighted by atomic mass is 9.85. The molecule has 3 atom stereocenters. The fraction of sp³-hybridized carbons (Fsp3) is 0.375. The highest BCUT2D eigenvalue weighted by molar-refractivity contribution is 6.22. The number of nitrogens with zero attached hydrogens (tertiary/aromatic N) is 1. The molecule has 0 radical (unpaired) electrons. The second-order valence-corrected chi connectivity index (χ2v) is 8.11. The minimum absolute atomic E-state index is 0.0877. The molecule has 0 aromatic heterocycles. The van der Waals surface area contributed by atoms with E-state index in [4.69, 9.17) is 0 Å². The molecule has 1 fully saturated rings. The first-order chi connectivity index (χ1) is 14.1. The van der Waals surface area contributed by atoms with Crippen molar-refractivity contribution in [3.63, 3.8) is 0 Å². The van der Waals surface area contributed by atoms with Gasteiger partial charge >= 0.3 is 0 Å². The first-order valence-corrected chi connectivity index (χ1v) is 10.4. The van der Waals surface area contributed by atoms with Crippen molar-refractivity contribution in [3.8, 4) is 0 Å². The molecule has 4 rings (SSSR count). The average molecular weight is 390 g/mol. The Balaban J connectivity index is 1.63. The summed E-state index contributed by atoms with van der Waals surface area (Å²) < 4.78 is 0. The monoisotopic (exact) mass is 390 g/mol. The molecule has 0 bridgehead atoms. The van der Waals surface area contributed by atoms with E-state index in [1.807, 2.05) is 30.3 Å². The predicted molar refractivity (Wildman–Crippen MR) is 110 cm³/mol. The molecule has 2 aromatic rings. The summed E-state index contributed by atoms with van der Waals surface area (Å²) >= 11 is 0. The Bertz CT molecular complexity index is 890. The summed E-state index contributed by atoms with van der Waals surface area (Å²) in [7, 11) is 0. The van der Waals surface area contributed by atoms with Crippen molar-refractivity contribution in [2.24, 2.45) is 5.92 Å². The lowest BCUT2D eigenvalue weighted by Crippen LogP contribution is -2.54. The number of carbonyl (C=O) groups excluding carboxylic acids is 3. The smallest absolute Gasteiger partial charge is 0.262 e. The van der Waals surface area contributed by atoms with E-state index < -0.39 is 17.9 Å². The Kier molecular flexibility index (Phi) is 5.47. The molecule has 1 heterocycles. The summed E-state index contributed by atoms with van der Waals surface area (Å²) in [6.45, 7) is 2.15. The van der Waals surface area contributed by atoms with Gasteiger partial charge in [-0.2, -0.15) is 0 Å². The Morgan fingerprint density at radius 1 is 0.966 bits per heavy atom. The van der Waals surface area contributed by atoms with Gasteiger partial charge in [-0.15, -0.1) is 0 Å². The summed E-state index contributed by atoms with van der Waals surface area (Å²) in [5.41, 5.74) is 1.66. The van der Waals surface area contributed by atoms with Crippen LogP contribution in [0.15, 0.2) is 54.6 Å². The number of hydrogen-bond donors (Lipinski definition) is 1. The Morgan fingerprint density at radius 2 is 1.55 bits per heavy atom. The normalized spacial score (nSPS) is 22.3. The van der Waals surface area contributed by atoms with E-state index in [9.17, 15) is 14.4 Å². The van der Waals surface area contributed by atoms with Gasteiger partial charge < -0.3 is 5.32 Å². The van der Waals surface area contributed by atoms with Crippen molar-refractivity contribution in [2.45, 2.75) is 51.1 Å². The molecule has 150 valence electrons. The molecule has 0 spiro atoms. The SMILES string of the molecule is C[C@H]1CCCC[C@@H]1NC(=O)[C@H](Cc1ccccc1)N1C(=O)c2ccccc2C1=O. The molecule has 1 N–H and O–H groups in total. The number of fused-ring (bicyclic) bond motifs is 1. The standard InChI is InChI=1S/C24H26N2O3/c1-16-9-5-8-14-20(16)25-22(27)21(15-17-10-3-2-4-11-17)26-23(28)18-12-6-7-13-19(18)24(26)29/h2-4,6-7,10-13,16,20-21H,5,8-9,14-15H2,1H3,(H,25,27)/t16-,20-,21-/m0/s1. The van der Waals surface area contributed by atoms with Crippen LogP contribution in [0.1, 0.15) is 58.9 Å². The number of benzene rings is 2. The molecule has 3 amide bonds. The lowest BCUT2D eigenvalue weighted by Gasteiger charge is -2.33. The third kappa shape index (κ3) is 3.82. The van der Waals surface area contributed by atoms with Crippen molar-refractivity contribution in [1.82, 2.24) is 10.2 Å². The average Bonchev–Trinajstić information content (AvgIpc) is 2.99. The second kappa shape index (κ2) is 8.19. The summed E-state index contributed by atoms with van der Waals surface area (Å²) in [6.07, 6.45) is 4.60. The van der Waals surface area contributed by atoms with E-state index in [2.05, 4.69) is 12.2 Å². The van der Waals surface area contributed by atoms with Crippen molar-refractivity contribution in [2.75, 3.05) is 0 Å². The first-order valence-electron chi connectivity index (χ1n) is 10.4. The van der Waals surface area contributed by atoms with Crippen LogP contribution in [0.5, 0.6) is 0 Å². The van der Waals surface area contributed by atoms with Gasteiger partial charge in [0.25, 0.3) is 11.8 Å². The maximum atomic E-state index is 13.3. The number of hydrogen-bond acceptors (Lipinski definition) is 3. The zero-order valence-electron chi connectivity index (χ0n) is 16.6. The van der Waals surface area contributed by atoms with Crippen LogP contribution in [0.4, 0.5) is 0 Å². The van der Waals surface area contributed by atoms with Gasteiger partial charge in [-0.3, -0.25) is 19.3 Å². The van der Waals surface area contributed by atoms with Crippen LogP contribution in [0.2, 0.25) is 0 Å². The van der Waals surface area contributed by atoms with Crippen molar-refractivity contribution < 1.29 is 14.4 Å². The number of nitrogens with one attached hydrogen (secondary N) is 1. The van der Waals surface area contributed by atoms with Crippen molar-refractivity contribution in [1.29, 1.82) is 0 Å². The number of carbonyl (C=O) groups is 3. The largest absolute Gasteiger partial charge is 0.351 e. The Hall–Kier alpha value is -2.95. The van der Waals surface area contributed by atoms with Gasteiger partial charge in [-0.1, -0.05) is 62.2 Å². The second-order valence-electron chi connectivity index (χ2n) is 8.11. The topological polar surface area (TPSA) is 66.5 Å². The Labute approximate surface area is 171 Å². The summed E-state index contributed by atoms with van der Waals surface area (Å²) in [5.74, 6) is -0.633. The van der Waals surface area contributed by atoms with E-state index in [1.165, 1.54) is 6.42 Å². The molecule has 0 unspecified atom stereocenters. The van der Waals surface area contributed by atoms with Gasteiger partial charge in [0.05, 0.1) is 11.1 Å². The molecule has 5 nitrogen and oxygen atoms in total. The minimum atomic E-state index is -0.862. The molecule has 5 heteroatoms. The van der Waals surface area contributed by atoms with E-state index in [-0.39, 0.29) is 11.9 Å². The molecule has 1 aliphatic carbocycles. The molecule has 1 aliphatic heterocycles. The third-order valence-electron chi connectivity index (χ3n) is 6.15. The van der Waals surface area contributed by atoms with Gasteiger partial charge in [0.1, 0.15) is 6.04 Å². The molecule has 2 aliphatic rings. The number of imide groups is 1. The highest BCUT2D eigenvalue weighted by atomic mass is 16.2. The maximum absolute atomic E-state index is 13.3. The van der Waals surface area contributed by atoms with Crippen molar-refractivity contribution in [3.05, 3.63) is 71.3 Å². The van der Waals surface area contributed by atoms with Gasteiger partial charge in [0.15, 0.2) is 0 Å². The van der Waals surface area contributed by atoms with E-state index >= 15 is 0 Å². The van der Waals surface area contributed by atoms with E-state index in [1.54, 1.807) is 24.3 Å². The van der Waals surface area contributed by atoms with Crippen LogP contribution in [-0.2, 0) is 11.2 Å². The van der Waals surface area contributed by atoms with Crippen LogP contribution in [-0.4, -0.2) is 34.7 Å². The minimum Gasteiger partial charge on any atom is -0.351 e. The van der Waals surface area contributed by atoms with Crippen LogP contribution in [0, 0.1) is 5.92 Å². The summed E-state index contributed by atoms with van der Waals surface area (Å²) in [5, 5.41) is 3.15. The highest BCUT2D eigenvalue weighted by Crippen LogP contribution is 2.28. The van der Waals surface area contributed by atoms with E-state index in [0.717, 1.165) is 29.7 Å². The molecule has 2 aromatic carbocycles. The Morgan fingerprint density at radius 3 is 2.17 bits per heavy atom. The quantitative estimate of drug-likeness (QED) is 0.794. The van der Waals surface area contributed by atoms with Gasteiger partial charge in [-0.05, 0) is 36.5 Å². The maximum Gasteiger partial charge on any atom is 0.262 e. The van der Waals surface area contributed by atoms with Crippen LogP contribution < -0.4 is 5.32 Å².